The molecule has 0 radical (unpaired) electrons. The summed E-state index contributed by atoms with van der Waals surface area (Å²) < 4.78 is 44.5. The van der Waals surface area contributed by atoms with E-state index in [0.717, 1.165) is 0 Å². The van der Waals surface area contributed by atoms with Crippen molar-refractivity contribution in [2.75, 3.05) is 25.6 Å². The maximum absolute atomic E-state index is 12.2. The van der Waals surface area contributed by atoms with Crippen LogP contribution in [-0.2, 0) is 38.7 Å². The average molecular weight is 386 g/mol. The van der Waals surface area contributed by atoms with Gasteiger partial charge in [0.05, 0.1) is 0 Å². The number of ether oxygens (including phenoxy) is 3. The zero-order valence-corrected chi connectivity index (χ0v) is 15.2. The van der Waals surface area contributed by atoms with Gasteiger partial charge in [-0.15, -0.1) is 0 Å². The van der Waals surface area contributed by atoms with E-state index in [4.69, 9.17) is 18.8 Å². The molecule has 0 heterocycles. The summed E-state index contributed by atoms with van der Waals surface area (Å²) in [6.07, 6.45) is 0. The minimum absolute atomic E-state index is 0. The third-order valence-electron chi connectivity index (χ3n) is 2.81. The number of carbonyl (C=O) groups is 3. The molecule has 0 fully saturated rings. The molecule has 0 spiro atoms. The zero-order chi connectivity index (χ0) is 19.8. The summed E-state index contributed by atoms with van der Waals surface area (Å²) in [7, 11) is -4.31. The molecular formula is C15H23LiO9S. The van der Waals surface area contributed by atoms with E-state index in [1.807, 2.05) is 0 Å². The van der Waals surface area contributed by atoms with Crippen LogP contribution in [0.25, 0.3) is 0 Å². The molecule has 1 N–H and O–H groups in total. The van der Waals surface area contributed by atoms with Gasteiger partial charge in [0.2, 0.25) is 0 Å². The Kier molecular flexibility index (Phi) is 11.5. The number of hydrogen-bond donors (Lipinski definition) is 1. The molecule has 0 amide bonds. The first-order chi connectivity index (χ1) is 11.3. The zero-order valence-electron chi connectivity index (χ0n) is 14.4. The first-order valence-electron chi connectivity index (χ1n) is 7.06. The fraction of sp³-hybridized carbons (Fsp3) is 0.533. The van der Waals surface area contributed by atoms with Crippen molar-refractivity contribution >= 4 is 46.9 Å². The molecule has 0 atom stereocenters. The number of rotatable bonds is 10. The molecule has 0 aromatic carbocycles. The summed E-state index contributed by atoms with van der Waals surface area (Å²) in [5.41, 5.74) is -1.39. The van der Waals surface area contributed by atoms with Crippen molar-refractivity contribution in [2.45, 2.75) is 20.8 Å². The number of hydrogen-bond acceptors (Lipinski definition) is 8. The first kappa shape index (κ1) is 26.6. The van der Waals surface area contributed by atoms with Gasteiger partial charge in [-0.05, 0) is 20.8 Å². The molecule has 0 saturated heterocycles. The van der Waals surface area contributed by atoms with Crippen LogP contribution in [0, 0.1) is 5.41 Å². The van der Waals surface area contributed by atoms with Gasteiger partial charge in [-0.3, -0.25) is 9.35 Å². The van der Waals surface area contributed by atoms with E-state index < -0.39 is 59.0 Å². The number of carbonyl (C=O) groups excluding carboxylic acids is 3. The van der Waals surface area contributed by atoms with Crippen molar-refractivity contribution in [2.24, 2.45) is 5.41 Å². The van der Waals surface area contributed by atoms with Crippen LogP contribution in [0.2, 0.25) is 0 Å². The van der Waals surface area contributed by atoms with Crippen LogP contribution in [0.1, 0.15) is 20.8 Å². The van der Waals surface area contributed by atoms with Gasteiger partial charge in [0.1, 0.15) is 31.0 Å². The molecule has 0 rings (SSSR count). The van der Waals surface area contributed by atoms with Crippen LogP contribution < -0.4 is 0 Å². The average Bonchev–Trinajstić information content (AvgIpc) is 2.48. The predicted molar refractivity (Wildman–Crippen MR) is 94.2 cm³/mol. The molecule has 0 aliphatic heterocycles. The van der Waals surface area contributed by atoms with Crippen molar-refractivity contribution in [3.63, 3.8) is 0 Å². The summed E-state index contributed by atoms with van der Waals surface area (Å²) >= 11 is 0. The van der Waals surface area contributed by atoms with E-state index >= 15 is 0 Å². The quantitative estimate of drug-likeness (QED) is 0.181. The van der Waals surface area contributed by atoms with Gasteiger partial charge in [0, 0.05) is 11.1 Å². The Labute approximate surface area is 164 Å². The van der Waals surface area contributed by atoms with Crippen molar-refractivity contribution in [3.05, 3.63) is 24.3 Å². The van der Waals surface area contributed by atoms with E-state index in [1.54, 1.807) is 0 Å². The normalized spacial score (nSPS) is 10.9. The summed E-state index contributed by atoms with van der Waals surface area (Å²) in [5, 5.41) is 0. The van der Waals surface area contributed by atoms with Gasteiger partial charge in [-0.1, -0.05) is 13.2 Å². The second-order valence-electron chi connectivity index (χ2n) is 5.70. The Bertz CT molecular complexity index is 637. The van der Waals surface area contributed by atoms with Crippen LogP contribution in [0.4, 0.5) is 0 Å². The van der Waals surface area contributed by atoms with E-state index in [2.05, 4.69) is 13.2 Å². The fourth-order valence-corrected chi connectivity index (χ4v) is 1.56. The SMILES string of the molecule is C=C(C)C(=O)OCC(C)(COC(=O)C(=C)C)C(=O)OCCS(=O)(=O)O.[LiH]. The molecule has 0 saturated carbocycles. The Morgan fingerprint density at radius 2 is 1.35 bits per heavy atom. The van der Waals surface area contributed by atoms with Crippen molar-refractivity contribution < 1.29 is 41.6 Å². The summed E-state index contributed by atoms with van der Waals surface area (Å²) in [5.74, 6) is -3.29. The van der Waals surface area contributed by atoms with Crippen molar-refractivity contribution in [1.82, 2.24) is 0 Å². The molecular weight excluding hydrogens is 363 g/mol. The Hall–Kier alpha value is -1.60. The molecule has 26 heavy (non-hydrogen) atoms. The Balaban J connectivity index is 0. The van der Waals surface area contributed by atoms with E-state index in [9.17, 15) is 22.8 Å². The van der Waals surface area contributed by atoms with Gasteiger partial charge in [-0.2, -0.15) is 8.42 Å². The molecule has 0 unspecified atom stereocenters. The molecule has 0 aromatic rings. The molecule has 0 aliphatic carbocycles. The van der Waals surface area contributed by atoms with Crippen LogP contribution in [0.3, 0.4) is 0 Å². The predicted octanol–water partition coefficient (Wildman–Crippen LogP) is 0.0138. The molecule has 0 aliphatic rings. The molecule has 0 aromatic heterocycles. The van der Waals surface area contributed by atoms with Crippen LogP contribution >= 0.6 is 0 Å². The summed E-state index contributed by atoms with van der Waals surface area (Å²) in [6.45, 7) is 9.31. The van der Waals surface area contributed by atoms with Crippen molar-refractivity contribution in [1.29, 1.82) is 0 Å². The van der Waals surface area contributed by atoms with Crippen molar-refractivity contribution in [3.8, 4) is 0 Å². The van der Waals surface area contributed by atoms with Gasteiger partial charge in [0.15, 0.2) is 0 Å². The molecule has 0 bridgehead atoms. The Morgan fingerprint density at radius 3 is 1.65 bits per heavy atom. The third-order valence-corrected chi connectivity index (χ3v) is 3.49. The van der Waals surface area contributed by atoms with E-state index in [0.29, 0.717) is 0 Å². The Morgan fingerprint density at radius 1 is 0.962 bits per heavy atom. The van der Waals surface area contributed by atoms with Gasteiger partial charge >= 0.3 is 36.8 Å². The molecule has 144 valence electrons. The second kappa shape index (κ2) is 11.2. The second-order valence-corrected chi connectivity index (χ2v) is 7.27. The van der Waals surface area contributed by atoms with Crippen LogP contribution in [0.5, 0.6) is 0 Å². The number of esters is 3. The maximum atomic E-state index is 12.2. The van der Waals surface area contributed by atoms with E-state index in [1.165, 1.54) is 20.8 Å². The van der Waals surface area contributed by atoms with Crippen LogP contribution in [0.15, 0.2) is 24.3 Å². The van der Waals surface area contributed by atoms with Gasteiger partial charge < -0.3 is 14.2 Å². The van der Waals surface area contributed by atoms with Crippen LogP contribution in [-0.4, -0.2) is 75.3 Å². The van der Waals surface area contributed by atoms with Gasteiger partial charge in [-0.25, -0.2) is 9.59 Å². The standard InChI is InChI=1S/C15H22O9S.Li.H/c1-10(2)12(16)23-8-15(5,9-24-13(17)11(3)4)14(18)22-6-7-25(19,20)21;;/h1,3,6-9H2,2,4-5H3,(H,19,20,21);;. The molecule has 11 heteroatoms. The monoisotopic (exact) mass is 386 g/mol. The van der Waals surface area contributed by atoms with Gasteiger partial charge in [0.25, 0.3) is 10.1 Å². The fourth-order valence-electron chi connectivity index (χ4n) is 1.27. The minimum atomic E-state index is -4.31. The summed E-state index contributed by atoms with van der Waals surface area (Å²) in [6, 6.07) is 0. The first-order valence-corrected chi connectivity index (χ1v) is 8.67. The topological polar surface area (TPSA) is 133 Å². The molecule has 9 nitrogen and oxygen atoms in total. The summed E-state index contributed by atoms with van der Waals surface area (Å²) in [4.78, 5) is 35.2. The van der Waals surface area contributed by atoms with E-state index in [-0.39, 0.29) is 30.0 Å². The third kappa shape index (κ3) is 10.4.